The van der Waals surface area contributed by atoms with Crippen molar-refractivity contribution < 1.29 is 4.74 Å². The van der Waals surface area contributed by atoms with Gasteiger partial charge >= 0.3 is 0 Å². The molecule has 0 bridgehead atoms. The van der Waals surface area contributed by atoms with Gasteiger partial charge in [0.15, 0.2) is 5.96 Å². The van der Waals surface area contributed by atoms with E-state index in [-0.39, 0.29) is 0 Å². The molecular weight excluding hydrogens is 338 g/mol. The second-order valence-electron chi connectivity index (χ2n) is 7.04. The Morgan fingerprint density at radius 1 is 1.33 bits per heavy atom. The van der Waals surface area contributed by atoms with E-state index in [1.165, 1.54) is 18.4 Å². The van der Waals surface area contributed by atoms with Gasteiger partial charge in [-0.2, -0.15) is 5.10 Å². The molecule has 6 nitrogen and oxygen atoms in total. The number of rotatable bonds is 10. The van der Waals surface area contributed by atoms with Crippen molar-refractivity contribution >= 4 is 5.96 Å². The number of hydrogen-bond acceptors (Lipinski definition) is 3. The minimum absolute atomic E-state index is 0.756. The fourth-order valence-corrected chi connectivity index (χ4v) is 2.84. The first-order valence-corrected chi connectivity index (χ1v) is 9.92. The molecule has 0 radical (unpaired) electrons. The SMILES string of the molecule is CCNC(=NCCc1ccc(-n2cccn2)cc1)N(C)CCOCC1CC1. The average molecular weight is 370 g/mol. The molecule has 0 amide bonds. The lowest BCUT2D eigenvalue weighted by atomic mass is 10.1. The Hall–Kier alpha value is -2.34. The molecule has 1 N–H and O–H groups in total. The zero-order chi connectivity index (χ0) is 18.9. The van der Waals surface area contributed by atoms with Gasteiger partial charge in [0.1, 0.15) is 0 Å². The molecule has 0 aliphatic heterocycles. The van der Waals surface area contributed by atoms with Crippen LogP contribution in [-0.2, 0) is 11.2 Å². The summed E-state index contributed by atoms with van der Waals surface area (Å²) in [5, 5.41) is 7.62. The van der Waals surface area contributed by atoms with Crippen LogP contribution in [0.2, 0.25) is 0 Å². The first-order chi connectivity index (χ1) is 13.3. The Morgan fingerprint density at radius 2 is 2.15 bits per heavy atom. The molecule has 1 aliphatic carbocycles. The molecule has 1 fully saturated rings. The Labute approximate surface area is 162 Å². The summed E-state index contributed by atoms with van der Waals surface area (Å²) >= 11 is 0. The predicted molar refractivity (Wildman–Crippen MR) is 109 cm³/mol. The molecule has 0 saturated heterocycles. The molecule has 27 heavy (non-hydrogen) atoms. The number of guanidine groups is 1. The average Bonchev–Trinajstić information content (AvgIpc) is 3.35. The number of benzene rings is 1. The van der Waals surface area contributed by atoms with Gasteiger partial charge in [0.25, 0.3) is 0 Å². The van der Waals surface area contributed by atoms with Crippen LogP contribution in [0.25, 0.3) is 5.69 Å². The molecule has 1 heterocycles. The van der Waals surface area contributed by atoms with Gasteiger partial charge in [0, 0.05) is 45.7 Å². The summed E-state index contributed by atoms with van der Waals surface area (Å²) in [6.07, 6.45) is 7.33. The van der Waals surface area contributed by atoms with Crippen LogP contribution < -0.4 is 5.32 Å². The molecule has 0 atom stereocenters. The Morgan fingerprint density at radius 3 is 2.81 bits per heavy atom. The van der Waals surface area contributed by atoms with E-state index in [2.05, 4.69) is 53.6 Å². The van der Waals surface area contributed by atoms with E-state index in [0.29, 0.717) is 0 Å². The maximum Gasteiger partial charge on any atom is 0.193 e. The largest absolute Gasteiger partial charge is 0.379 e. The van der Waals surface area contributed by atoms with Crippen LogP contribution in [-0.4, -0.2) is 60.5 Å². The Balaban J connectivity index is 1.45. The van der Waals surface area contributed by atoms with Crippen molar-refractivity contribution in [2.75, 3.05) is 39.9 Å². The van der Waals surface area contributed by atoms with Gasteiger partial charge in [0.05, 0.1) is 12.3 Å². The first-order valence-electron chi connectivity index (χ1n) is 9.92. The molecule has 0 unspecified atom stereocenters. The van der Waals surface area contributed by atoms with E-state index < -0.39 is 0 Å². The van der Waals surface area contributed by atoms with Crippen LogP contribution in [0.3, 0.4) is 0 Å². The zero-order valence-corrected chi connectivity index (χ0v) is 16.5. The molecule has 146 valence electrons. The quantitative estimate of drug-likeness (QED) is 0.397. The third-order valence-electron chi connectivity index (χ3n) is 4.69. The minimum Gasteiger partial charge on any atom is -0.379 e. The predicted octanol–water partition coefficient (Wildman–Crippen LogP) is 2.74. The molecule has 3 rings (SSSR count). The van der Waals surface area contributed by atoms with Crippen LogP contribution >= 0.6 is 0 Å². The van der Waals surface area contributed by atoms with Gasteiger partial charge in [-0.25, -0.2) is 4.68 Å². The van der Waals surface area contributed by atoms with Gasteiger partial charge in [-0.3, -0.25) is 4.99 Å². The fourth-order valence-electron chi connectivity index (χ4n) is 2.84. The summed E-state index contributed by atoms with van der Waals surface area (Å²) in [5.41, 5.74) is 2.35. The van der Waals surface area contributed by atoms with Crippen molar-refractivity contribution in [2.24, 2.45) is 10.9 Å². The highest BCUT2D eigenvalue weighted by Crippen LogP contribution is 2.28. The maximum atomic E-state index is 5.74. The van der Waals surface area contributed by atoms with Gasteiger partial charge in [-0.15, -0.1) is 0 Å². The second kappa shape index (κ2) is 10.1. The molecule has 0 spiro atoms. The van der Waals surface area contributed by atoms with E-state index in [9.17, 15) is 0 Å². The highest BCUT2D eigenvalue weighted by molar-refractivity contribution is 5.79. The summed E-state index contributed by atoms with van der Waals surface area (Å²) in [4.78, 5) is 6.92. The first kappa shape index (κ1) is 19.4. The third-order valence-corrected chi connectivity index (χ3v) is 4.69. The van der Waals surface area contributed by atoms with Gasteiger partial charge in [-0.1, -0.05) is 12.1 Å². The number of nitrogens with one attached hydrogen (secondary N) is 1. The van der Waals surface area contributed by atoms with Crippen LogP contribution in [0.5, 0.6) is 0 Å². The van der Waals surface area contributed by atoms with Crippen LogP contribution in [0.1, 0.15) is 25.3 Å². The number of aliphatic imine (C=N–C) groups is 1. The molecule has 6 heteroatoms. The van der Waals surface area contributed by atoms with Crippen molar-refractivity contribution in [3.63, 3.8) is 0 Å². The summed E-state index contributed by atoms with van der Waals surface area (Å²) in [6.45, 7) is 6.25. The third kappa shape index (κ3) is 6.40. The van der Waals surface area contributed by atoms with E-state index in [1.54, 1.807) is 6.20 Å². The Kier molecular flexibility index (Phi) is 7.27. The standard InChI is InChI=1S/C21H31N5O/c1-3-22-21(25(2)15-16-27-17-19-5-6-19)23-13-11-18-7-9-20(10-8-18)26-14-4-12-24-26/h4,7-10,12,14,19H,3,5-6,11,13,15-17H2,1-2H3,(H,22,23). The second-order valence-corrected chi connectivity index (χ2v) is 7.04. The summed E-state index contributed by atoms with van der Waals surface area (Å²) in [5.74, 6) is 1.76. The Bertz CT molecular complexity index is 692. The number of hydrogen-bond donors (Lipinski definition) is 1. The van der Waals surface area contributed by atoms with Gasteiger partial charge < -0.3 is 15.0 Å². The lowest BCUT2D eigenvalue weighted by Crippen LogP contribution is -2.40. The normalized spacial score (nSPS) is 14.4. The van der Waals surface area contributed by atoms with Crippen molar-refractivity contribution in [3.8, 4) is 5.69 Å². The lowest BCUT2D eigenvalue weighted by Gasteiger charge is -2.22. The van der Waals surface area contributed by atoms with Crippen molar-refractivity contribution in [3.05, 3.63) is 48.3 Å². The van der Waals surface area contributed by atoms with E-state index >= 15 is 0 Å². The summed E-state index contributed by atoms with van der Waals surface area (Å²) < 4.78 is 7.61. The smallest absolute Gasteiger partial charge is 0.193 e. The molecule has 1 aromatic heterocycles. The molecule has 1 aromatic carbocycles. The minimum atomic E-state index is 0.756. The number of nitrogens with zero attached hydrogens (tertiary/aromatic N) is 4. The zero-order valence-electron chi connectivity index (χ0n) is 16.5. The van der Waals surface area contributed by atoms with Gasteiger partial charge in [-0.05, 0) is 55.9 Å². The topological polar surface area (TPSA) is 54.7 Å². The molecule has 1 aliphatic rings. The highest BCUT2D eigenvalue weighted by Gasteiger charge is 2.21. The lowest BCUT2D eigenvalue weighted by molar-refractivity contribution is 0.115. The van der Waals surface area contributed by atoms with E-state index in [0.717, 1.165) is 56.8 Å². The summed E-state index contributed by atoms with van der Waals surface area (Å²) in [7, 11) is 2.07. The molecular formula is C21H31N5O. The van der Waals surface area contributed by atoms with Crippen molar-refractivity contribution in [1.82, 2.24) is 20.0 Å². The monoisotopic (exact) mass is 369 g/mol. The summed E-state index contributed by atoms with van der Waals surface area (Å²) in [6, 6.07) is 10.4. The van der Waals surface area contributed by atoms with E-state index in [4.69, 9.17) is 9.73 Å². The number of ether oxygens (including phenoxy) is 1. The molecule has 2 aromatic rings. The van der Waals surface area contributed by atoms with Crippen molar-refractivity contribution in [2.45, 2.75) is 26.2 Å². The van der Waals surface area contributed by atoms with Crippen LogP contribution in [0, 0.1) is 5.92 Å². The number of likely N-dealkylation sites (N-methyl/N-ethyl adjacent to an activating group) is 1. The highest BCUT2D eigenvalue weighted by atomic mass is 16.5. The van der Waals surface area contributed by atoms with E-state index in [1.807, 2.05) is 16.9 Å². The van der Waals surface area contributed by atoms with Crippen LogP contribution in [0.4, 0.5) is 0 Å². The molecule has 1 saturated carbocycles. The number of aromatic nitrogens is 2. The maximum absolute atomic E-state index is 5.74. The van der Waals surface area contributed by atoms with Crippen molar-refractivity contribution in [1.29, 1.82) is 0 Å². The fraction of sp³-hybridized carbons (Fsp3) is 0.524. The van der Waals surface area contributed by atoms with Crippen LogP contribution in [0.15, 0.2) is 47.7 Å². The van der Waals surface area contributed by atoms with Gasteiger partial charge in [0.2, 0.25) is 0 Å².